The molecule has 6 heteroatoms. The molecule has 0 fully saturated rings. The van der Waals surface area contributed by atoms with Crippen molar-refractivity contribution in [1.29, 1.82) is 0 Å². The van der Waals surface area contributed by atoms with E-state index in [4.69, 9.17) is 11.6 Å². The monoisotopic (exact) mass is 235 g/mol. The third-order valence-corrected chi connectivity index (χ3v) is 2.56. The molecule has 0 atom stereocenters. The van der Waals surface area contributed by atoms with Gasteiger partial charge in [0.1, 0.15) is 0 Å². The highest BCUT2D eigenvalue weighted by molar-refractivity contribution is 6.99. The molecule has 0 aliphatic carbocycles. The van der Waals surface area contributed by atoms with Crippen molar-refractivity contribution in [2.24, 2.45) is 0 Å². The summed E-state index contributed by atoms with van der Waals surface area (Å²) in [4.78, 5) is 1.91. The third kappa shape index (κ3) is 3.08. The molecule has 80 valence electrons. The summed E-state index contributed by atoms with van der Waals surface area (Å²) in [6.45, 7) is 6.73. The second-order valence-corrected chi connectivity index (χ2v) is 4.59. The fourth-order valence-corrected chi connectivity index (χ4v) is 1.94. The van der Waals surface area contributed by atoms with Crippen LogP contribution >= 0.6 is 23.3 Å². The van der Waals surface area contributed by atoms with E-state index in [9.17, 15) is 5.11 Å². The van der Waals surface area contributed by atoms with Gasteiger partial charge < -0.3 is 10.0 Å². The average molecular weight is 236 g/mol. The lowest BCUT2D eigenvalue weighted by atomic mass is 10.1. The van der Waals surface area contributed by atoms with Crippen LogP contribution in [0.1, 0.15) is 20.8 Å². The molecule has 0 radical (unpaired) electrons. The Balaban J connectivity index is 2.78. The van der Waals surface area contributed by atoms with Gasteiger partial charge in [0.25, 0.3) is 0 Å². The van der Waals surface area contributed by atoms with Gasteiger partial charge in [-0.3, -0.25) is 0 Å². The maximum atomic E-state index is 9.68. The van der Waals surface area contributed by atoms with Gasteiger partial charge in [-0.1, -0.05) is 11.6 Å². The van der Waals surface area contributed by atoms with E-state index in [1.54, 1.807) is 13.8 Å². The van der Waals surface area contributed by atoms with Crippen LogP contribution in [0, 0.1) is 0 Å². The molecule has 0 aliphatic rings. The average Bonchev–Trinajstić information content (AvgIpc) is 2.45. The van der Waals surface area contributed by atoms with Crippen LogP contribution in [0.2, 0.25) is 5.15 Å². The van der Waals surface area contributed by atoms with E-state index in [0.717, 1.165) is 18.3 Å². The number of halogens is 1. The SMILES string of the molecule is CCN(CC(C)(C)O)c1nsnc1Cl. The van der Waals surface area contributed by atoms with Gasteiger partial charge in [-0.2, -0.15) is 8.75 Å². The van der Waals surface area contributed by atoms with Gasteiger partial charge in [-0.15, -0.1) is 0 Å². The van der Waals surface area contributed by atoms with Crippen LogP contribution in [-0.4, -0.2) is 32.5 Å². The molecule has 1 heterocycles. The van der Waals surface area contributed by atoms with Crippen LogP contribution in [-0.2, 0) is 0 Å². The maximum Gasteiger partial charge on any atom is 0.187 e. The lowest BCUT2D eigenvalue weighted by Gasteiger charge is -2.27. The van der Waals surface area contributed by atoms with Crippen LogP contribution in [0.4, 0.5) is 5.82 Å². The molecule has 0 aliphatic heterocycles. The molecule has 4 nitrogen and oxygen atoms in total. The molecule has 0 saturated carbocycles. The van der Waals surface area contributed by atoms with Gasteiger partial charge in [0.05, 0.1) is 17.3 Å². The van der Waals surface area contributed by atoms with E-state index < -0.39 is 5.60 Å². The molecule has 0 aromatic carbocycles. The molecule has 0 saturated heterocycles. The van der Waals surface area contributed by atoms with Crippen molar-refractivity contribution in [2.45, 2.75) is 26.4 Å². The summed E-state index contributed by atoms with van der Waals surface area (Å²) >= 11 is 6.94. The molecule has 1 aromatic heterocycles. The van der Waals surface area contributed by atoms with Gasteiger partial charge in [0.15, 0.2) is 11.0 Å². The Morgan fingerprint density at radius 2 is 2.14 bits per heavy atom. The number of hydrogen-bond acceptors (Lipinski definition) is 5. The number of nitrogens with zero attached hydrogens (tertiary/aromatic N) is 3. The first-order chi connectivity index (χ1) is 6.44. The number of rotatable bonds is 4. The van der Waals surface area contributed by atoms with Crippen LogP contribution in [0.5, 0.6) is 0 Å². The van der Waals surface area contributed by atoms with Gasteiger partial charge in [-0.05, 0) is 20.8 Å². The highest BCUT2D eigenvalue weighted by Crippen LogP contribution is 2.23. The minimum absolute atomic E-state index is 0.404. The Labute approximate surface area is 92.8 Å². The fraction of sp³-hybridized carbons (Fsp3) is 0.750. The number of likely N-dealkylation sites (N-methyl/N-ethyl adjacent to an activating group) is 1. The quantitative estimate of drug-likeness (QED) is 0.865. The predicted octanol–water partition coefficient (Wildman–Crippen LogP) is 1.79. The molecule has 0 unspecified atom stereocenters. The Morgan fingerprint density at radius 3 is 2.50 bits per heavy atom. The molecule has 1 rings (SSSR count). The number of aromatic nitrogens is 2. The molecule has 0 bridgehead atoms. The van der Waals surface area contributed by atoms with Crippen LogP contribution < -0.4 is 4.90 Å². The molecular weight excluding hydrogens is 222 g/mol. The largest absolute Gasteiger partial charge is 0.389 e. The zero-order valence-corrected chi connectivity index (χ0v) is 10.1. The first-order valence-electron chi connectivity index (χ1n) is 4.39. The highest BCUT2D eigenvalue weighted by atomic mass is 35.5. The van der Waals surface area contributed by atoms with E-state index in [1.807, 2.05) is 11.8 Å². The summed E-state index contributed by atoms with van der Waals surface area (Å²) in [6.07, 6.45) is 0. The summed E-state index contributed by atoms with van der Waals surface area (Å²) in [6, 6.07) is 0. The van der Waals surface area contributed by atoms with Gasteiger partial charge in [0.2, 0.25) is 0 Å². The maximum absolute atomic E-state index is 9.68. The molecule has 14 heavy (non-hydrogen) atoms. The zero-order valence-electron chi connectivity index (χ0n) is 8.49. The van der Waals surface area contributed by atoms with Crippen molar-refractivity contribution < 1.29 is 5.11 Å². The standard InChI is InChI=1S/C8H14ClN3OS/c1-4-12(5-8(2,3)13)7-6(9)10-14-11-7/h13H,4-5H2,1-3H3. The normalized spacial score (nSPS) is 11.8. The van der Waals surface area contributed by atoms with Crippen LogP contribution in [0.25, 0.3) is 0 Å². The Kier molecular flexibility index (Phi) is 3.69. The van der Waals surface area contributed by atoms with E-state index >= 15 is 0 Å². The van der Waals surface area contributed by atoms with Crippen molar-refractivity contribution in [3.05, 3.63) is 5.15 Å². The van der Waals surface area contributed by atoms with Gasteiger partial charge in [0, 0.05) is 13.1 Å². The summed E-state index contributed by atoms with van der Waals surface area (Å²) < 4.78 is 7.97. The van der Waals surface area contributed by atoms with Crippen molar-refractivity contribution in [3.8, 4) is 0 Å². The van der Waals surface area contributed by atoms with E-state index in [1.165, 1.54) is 0 Å². The minimum atomic E-state index is -0.761. The fourth-order valence-electron chi connectivity index (χ4n) is 1.17. The summed E-state index contributed by atoms with van der Waals surface area (Å²) in [5.41, 5.74) is -0.761. The van der Waals surface area contributed by atoms with E-state index in [-0.39, 0.29) is 0 Å². The lowest BCUT2D eigenvalue weighted by molar-refractivity contribution is 0.0874. The number of hydrogen-bond donors (Lipinski definition) is 1. The van der Waals surface area contributed by atoms with Crippen molar-refractivity contribution >= 4 is 29.1 Å². The lowest BCUT2D eigenvalue weighted by Crippen LogP contribution is -2.38. The zero-order chi connectivity index (χ0) is 10.8. The molecule has 1 N–H and O–H groups in total. The molecular formula is C8H14ClN3OS. The predicted molar refractivity (Wildman–Crippen MR) is 59.1 cm³/mol. The van der Waals surface area contributed by atoms with Crippen molar-refractivity contribution in [1.82, 2.24) is 8.75 Å². The van der Waals surface area contributed by atoms with E-state index in [2.05, 4.69) is 8.75 Å². The summed E-state index contributed by atoms with van der Waals surface area (Å²) in [5, 5.41) is 10.1. The summed E-state index contributed by atoms with van der Waals surface area (Å²) in [7, 11) is 0. The number of anilines is 1. The van der Waals surface area contributed by atoms with Gasteiger partial charge in [-0.25, -0.2) is 0 Å². The van der Waals surface area contributed by atoms with Crippen molar-refractivity contribution in [2.75, 3.05) is 18.0 Å². The molecule has 0 amide bonds. The van der Waals surface area contributed by atoms with Gasteiger partial charge >= 0.3 is 0 Å². The first-order valence-corrected chi connectivity index (χ1v) is 5.50. The Hall–Kier alpha value is -0.390. The van der Waals surface area contributed by atoms with E-state index in [0.29, 0.717) is 17.5 Å². The smallest absolute Gasteiger partial charge is 0.187 e. The third-order valence-electron chi connectivity index (χ3n) is 1.69. The Bertz CT molecular complexity index is 297. The van der Waals surface area contributed by atoms with Crippen LogP contribution in [0.15, 0.2) is 0 Å². The Morgan fingerprint density at radius 1 is 1.50 bits per heavy atom. The second kappa shape index (κ2) is 4.42. The van der Waals surface area contributed by atoms with Crippen molar-refractivity contribution in [3.63, 3.8) is 0 Å². The minimum Gasteiger partial charge on any atom is -0.389 e. The molecule has 1 aromatic rings. The molecule has 0 spiro atoms. The second-order valence-electron chi connectivity index (χ2n) is 3.71. The number of aliphatic hydroxyl groups is 1. The topological polar surface area (TPSA) is 49.2 Å². The van der Waals surface area contributed by atoms with Crippen LogP contribution in [0.3, 0.4) is 0 Å². The summed E-state index contributed by atoms with van der Waals surface area (Å²) in [5.74, 6) is 0.654. The first kappa shape index (κ1) is 11.7. The highest BCUT2D eigenvalue weighted by Gasteiger charge is 2.21.